The van der Waals surface area contributed by atoms with Gasteiger partial charge in [-0.25, -0.2) is 18.5 Å². The number of amides is 1. The van der Waals surface area contributed by atoms with Gasteiger partial charge in [-0.2, -0.15) is 0 Å². The number of para-hydroxylation sites is 2. The summed E-state index contributed by atoms with van der Waals surface area (Å²) in [5.41, 5.74) is 1.37. The number of nitrogens with one attached hydrogen (secondary N) is 1. The molecule has 0 bridgehead atoms. The van der Waals surface area contributed by atoms with Crippen LogP contribution in [0.25, 0.3) is 11.0 Å². The van der Waals surface area contributed by atoms with Crippen molar-refractivity contribution >= 4 is 27.0 Å². The van der Waals surface area contributed by atoms with Crippen LogP contribution in [0, 0.1) is 5.92 Å². The van der Waals surface area contributed by atoms with Crippen molar-refractivity contribution in [3.8, 4) is 0 Å². The molecular weight excluding hydrogens is 344 g/mol. The zero-order valence-corrected chi connectivity index (χ0v) is 14.5. The monoisotopic (exact) mass is 364 g/mol. The molecular formula is C16H20N4O4S. The van der Waals surface area contributed by atoms with Crippen LogP contribution in [0.1, 0.15) is 18.5 Å². The summed E-state index contributed by atoms with van der Waals surface area (Å²) in [6.07, 6.45) is 1.03. The lowest BCUT2D eigenvalue weighted by molar-refractivity contribution is -0.130. The van der Waals surface area contributed by atoms with E-state index in [9.17, 15) is 18.0 Å². The summed E-state index contributed by atoms with van der Waals surface area (Å²) in [4.78, 5) is 33.1. The zero-order valence-electron chi connectivity index (χ0n) is 13.6. The molecule has 1 aromatic carbocycles. The molecule has 0 aliphatic carbocycles. The second-order valence-electron chi connectivity index (χ2n) is 6.35. The Balaban J connectivity index is 1.61. The van der Waals surface area contributed by atoms with E-state index >= 15 is 0 Å². The number of hydrogen-bond donors (Lipinski definition) is 2. The molecule has 0 spiro atoms. The predicted molar refractivity (Wildman–Crippen MR) is 93.3 cm³/mol. The topological polar surface area (TPSA) is 126 Å². The largest absolute Gasteiger partial charge is 0.342 e. The van der Waals surface area contributed by atoms with Crippen LogP contribution >= 0.6 is 0 Å². The Hall–Kier alpha value is -2.26. The van der Waals surface area contributed by atoms with E-state index in [0.717, 1.165) is 0 Å². The maximum absolute atomic E-state index is 12.3. The number of nitrogens with two attached hydrogens (primary N) is 1. The SMILES string of the molecule is NS(=O)(=O)C[C@H]1CCN(C(=O)CCc2nc3ccccc3[nH]c2=O)C1. The number of carbonyl (C=O) groups is 1. The first kappa shape index (κ1) is 17.6. The number of aromatic nitrogens is 2. The fourth-order valence-electron chi connectivity index (χ4n) is 3.14. The Kier molecular flexibility index (Phi) is 4.87. The second-order valence-corrected chi connectivity index (χ2v) is 8.01. The van der Waals surface area contributed by atoms with Crippen LogP contribution in [0.3, 0.4) is 0 Å². The van der Waals surface area contributed by atoms with E-state index in [2.05, 4.69) is 9.97 Å². The van der Waals surface area contributed by atoms with Crippen molar-refractivity contribution in [3.63, 3.8) is 0 Å². The molecule has 1 aliphatic heterocycles. The van der Waals surface area contributed by atoms with E-state index < -0.39 is 10.0 Å². The second kappa shape index (κ2) is 6.93. The smallest absolute Gasteiger partial charge is 0.270 e. The van der Waals surface area contributed by atoms with Gasteiger partial charge < -0.3 is 9.88 Å². The predicted octanol–water partition coefficient (Wildman–Crippen LogP) is -0.00730. The van der Waals surface area contributed by atoms with Gasteiger partial charge in [0.25, 0.3) is 5.56 Å². The van der Waals surface area contributed by atoms with Gasteiger partial charge in [0.15, 0.2) is 0 Å². The van der Waals surface area contributed by atoms with Crippen LogP contribution in [0.15, 0.2) is 29.1 Å². The van der Waals surface area contributed by atoms with Crippen molar-refractivity contribution in [3.05, 3.63) is 40.3 Å². The maximum atomic E-state index is 12.3. The minimum absolute atomic E-state index is 0.105. The Morgan fingerprint density at radius 2 is 2.12 bits per heavy atom. The molecule has 2 heterocycles. The molecule has 9 heteroatoms. The molecule has 0 saturated carbocycles. The lowest BCUT2D eigenvalue weighted by Gasteiger charge is -2.16. The summed E-state index contributed by atoms with van der Waals surface area (Å²) in [7, 11) is -3.53. The van der Waals surface area contributed by atoms with Crippen molar-refractivity contribution in [1.82, 2.24) is 14.9 Å². The molecule has 1 saturated heterocycles. The first-order chi connectivity index (χ1) is 11.8. The molecule has 1 aromatic heterocycles. The number of sulfonamides is 1. The minimum Gasteiger partial charge on any atom is -0.342 e. The third-order valence-corrected chi connectivity index (χ3v) is 5.29. The number of nitrogens with zero attached hydrogens (tertiary/aromatic N) is 2. The van der Waals surface area contributed by atoms with Crippen LogP contribution in [-0.2, 0) is 21.2 Å². The molecule has 2 aromatic rings. The highest BCUT2D eigenvalue weighted by molar-refractivity contribution is 7.89. The van der Waals surface area contributed by atoms with Gasteiger partial charge in [0.05, 0.1) is 16.8 Å². The number of hydrogen-bond acceptors (Lipinski definition) is 5. The van der Waals surface area contributed by atoms with Crippen LogP contribution in [0.2, 0.25) is 0 Å². The van der Waals surface area contributed by atoms with Gasteiger partial charge in [0, 0.05) is 25.9 Å². The third-order valence-electron chi connectivity index (χ3n) is 4.35. The fraction of sp³-hybridized carbons (Fsp3) is 0.438. The highest BCUT2D eigenvalue weighted by Crippen LogP contribution is 2.18. The summed E-state index contributed by atoms with van der Waals surface area (Å²) < 4.78 is 22.3. The first-order valence-corrected chi connectivity index (χ1v) is 9.79. The van der Waals surface area contributed by atoms with Crippen molar-refractivity contribution in [1.29, 1.82) is 0 Å². The first-order valence-electron chi connectivity index (χ1n) is 8.08. The summed E-state index contributed by atoms with van der Waals surface area (Å²) >= 11 is 0. The van der Waals surface area contributed by atoms with Gasteiger partial charge in [0.2, 0.25) is 15.9 Å². The maximum Gasteiger partial charge on any atom is 0.270 e. The van der Waals surface area contributed by atoms with Crippen LogP contribution in [0.4, 0.5) is 0 Å². The molecule has 0 radical (unpaired) electrons. The van der Waals surface area contributed by atoms with E-state index in [1.54, 1.807) is 17.0 Å². The van der Waals surface area contributed by atoms with E-state index in [4.69, 9.17) is 5.14 Å². The van der Waals surface area contributed by atoms with Crippen LogP contribution < -0.4 is 10.7 Å². The van der Waals surface area contributed by atoms with Crippen molar-refractivity contribution < 1.29 is 13.2 Å². The molecule has 1 amide bonds. The number of primary sulfonamides is 1. The molecule has 1 aliphatic rings. The van der Waals surface area contributed by atoms with Gasteiger partial charge in [0.1, 0.15) is 5.69 Å². The van der Waals surface area contributed by atoms with Crippen LogP contribution in [0.5, 0.6) is 0 Å². The van der Waals surface area contributed by atoms with E-state index in [0.29, 0.717) is 36.2 Å². The van der Waals surface area contributed by atoms with Gasteiger partial charge in [-0.1, -0.05) is 12.1 Å². The number of aryl methyl sites for hydroxylation is 1. The van der Waals surface area contributed by atoms with E-state index in [1.807, 2.05) is 12.1 Å². The molecule has 3 N–H and O–H groups in total. The Bertz CT molecular complexity index is 954. The lowest BCUT2D eigenvalue weighted by Crippen LogP contribution is -2.31. The number of likely N-dealkylation sites (tertiary alicyclic amines) is 1. The van der Waals surface area contributed by atoms with E-state index in [1.165, 1.54) is 0 Å². The van der Waals surface area contributed by atoms with Crippen molar-refractivity contribution in [2.75, 3.05) is 18.8 Å². The van der Waals surface area contributed by atoms with Crippen molar-refractivity contribution in [2.45, 2.75) is 19.3 Å². The number of aromatic amines is 1. The highest BCUT2D eigenvalue weighted by atomic mass is 32.2. The minimum atomic E-state index is -3.53. The van der Waals surface area contributed by atoms with E-state index in [-0.39, 0.29) is 36.0 Å². The molecule has 25 heavy (non-hydrogen) atoms. The summed E-state index contributed by atoms with van der Waals surface area (Å²) in [5.74, 6) is -0.338. The number of rotatable bonds is 5. The lowest BCUT2D eigenvalue weighted by atomic mass is 10.2. The van der Waals surface area contributed by atoms with Gasteiger partial charge in [-0.15, -0.1) is 0 Å². The Labute approximate surface area is 145 Å². The standard InChI is InChI=1S/C16H20N4O4S/c17-25(23,24)10-11-7-8-20(9-11)15(21)6-5-14-16(22)19-13-4-2-1-3-12(13)18-14/h1-4,11H,5-10H2,(H,19,22)(H2,17,23,24)/t11-/m0/s1. The molecule has 1 atom stereocenters. The van der Waals surface area contributed by atoms with Gasteiger partial charge in [-0.3, -0.25) is 9.59 Å². The summed E-state index contributed by atoms with van der Waals surface area (Å²) in [6.45, 7) is 0.900. The van der Waals surface area contributed by atoms with Crippen LogP contribution in [-0.4, -0.2) is 48.0 Å². The average Bonchev–Trinajstić information content (AvgIpc) is 2.99. The zero-order chi connectivity index (χ0) is 18.0. The molecule has 0 unspecified atom stereocenters. The number of carbonyl (C=O) groups excluding carboxylic acids is 1. The van der Waals surface area contributed by atoms with Gasteiger partial charge in [-0.05, 0) is 24.5 Å². The fourth-order valence-corrected chi connectivity index (χ4v) is 4.07. The Morgan fingerprint density at radius 1 is 1.36 bits per heavy atom. The van der Waals surface area contributed by atoms with Gasteiger partial charge >= 0.3 is 0 Å². The summed E-state index contributed by atoms with van der Waals surface area (Å²) in [5, 5.41) is 5.06. The number of benzene rings is 1. The normalized spacial score (nSPS) is 18.0. The Morgan fingerprint density at radius 3 is 2.88 bits per heavy atom. The quantitative estimate of drug-likeness (QED) is 0.772. The average molecular weight is 364 g/mol. The molecule has 134 valence electrons. The molecule has 1 fully saturated rings. The third kappa shape index (κ3) is 4.43. The number of fused-ring (bicyclic) bond motifs is 1. The molecule has 3 rings (SSSR count). The number of H-pyrrole nitrogens is 1. The molecule has 8 nitrogen and oxygen atoms in total. The van der Waals surface area contributed by atoms with Crippen molar-refractivity contribution in [2.24, 2.45) is 11.1 Å². The highest BCUT2D eigenvalue weighted by Gasteiger charge is 2.28. The summed E-state index contributed by atoms with van der Waals surface area (Å²) in [6, 6.07) is 7.22.